The fourth-order valence-corrected chi connectivity index (χ4v) is 10.6. The molecule has 4 N–H and O–H groups in total. The molecule has 5 aromatic rings. The average Bonchev–Trinajstić information content (AvgIpc) is 3.18. The molecule has 1 unspecified atom stereocenters. The number of rotatable bonds is 26. The van der Waals surface area contributed by atoms with Crippen molar-refractivity contribution in [3.05, 3.63) is 67.1 Å². The van der Waals surface area contributed by atoms with E-state index in [1.807, 2.05) is 0 Å². The van der Waals surface area contributed by atoms with Crippen molar-refractivity contribution in [3.63, 3.8) is 0 Å². The summed E-state index contributed by atoms with van der Waals surface area (Å²) in [4.78, 5) is 51.7. The SMILES string of the molecule is CCCCCCCCCCCCC(CCCCCCCCCC)Cc1c(C(=O)O)c2c(C(=O)O)ccc3c4c(Br)cc(C(=O)O)c5c(C(=O)O)ccc(c(c1Br)c23)c54. The van der Waals surface area contributed by atoms with Gasteiger partial charge in [0.2, 0.25) is 0 Å². The Bertz CT molecular complexity index is 2260. The van der Waals surface area contributed by atoms with Gasteiger partial charge in [0.15, 0.2) is 0 Å². The lowest BCUT2D eigenvalue weighted by Gasteiger charge is -2.25. The van der Waals surface area contributed by atoms with Gasteiger partial charge in [-0.1, -0.05) is 170 Å². The molecule has 0 amide bonds. The summed E-state index contributed by atoms with van der Waals surface area (Å²) in [7, 11) is 0. The highest BCUT2D eigenvalue weighted by atomic mass is 79.9. The normalized spacial score (nSPS) is 12.3. The molecule has 0 fully saturated rings. The average molecular weight is 923 g/mol. The molecule has 0 heterocycles. The summed E-state index contributed by atoms with van der Waals surface area (Å²) in [5.41, 5.74) is -0.0347. The van der Waals surface area contributed by atoms with Crippen molar-refractivity contribution in [2.75, 3.05) is 0 Å². The van der Waals surface area contributed by atoms with E-state index < -0.39 is 23.9 Å². The van der Waals surface area contributed by atoms with Crippen molar-refractivity contribution in [2.45, 2.75) is 149 Å². The molecule has 1 atom stereocenters. The molecule has 5 aromatic carbocycles. The summed E-state index contributed by atoms with van der Waals surface area (Å²) in [6.07, 6.45) is 24.0. The number of carboxylic acids is 4. The Morgan fingerprint density at radius 3 is 1.34 bits per heavy atom. The van der Waals surface area contributed by atoms with Crippen molar-refractivity contribution >= 4 is 98.8 Å². The van der Waals surface area contributed by atoms with Gasteiger partial charge in [0.1, 0.15) is 0 Å². The Labute approximate surface area is 358 Å². The highest BCUT2D eigenvalue weighted by Gasteiger charge is 2.31. The topological polar surface area (TPSA) is 149 Å². The second-order valence-electron chi connectivity index (χ2n) is 16.2. The number of hydrogen-bond acceptors (Lipinski definition) is 4. The van der Waals surface area contributed by atoms with Crippen LogP contribution in [0.4, 0.5) is 0 Å². The van der Waals surface area contributed by atoms with E-state index in [9.17, 15) is 39.6 Å². The summed E-state index contributed by atoms with van der Waals surface area (Å²) in [6, 6.07) is 7.40. The third-order valence-electron chi connectivity index (χ3n) is 12.1. The number of carbonyl (C=O) groups is 4. The molecule has 0 spiro atoms. The molecule has 0 bridgehead atoms. The minimum atomic E-state index is -1.29. The highest BCUT2D eigenvalue weighted by molar-refractivity contribution is 9.11. The minimum absolute atomic E-state index is 0.0472. The van der Waals surface area contributed by atoms with Crippen LogP contribution < -0.4 is 0 Å². The van der Waals surface area contributed by atoms with E-state index >= 15 is 0 Å². The van der Waals surface area contributed by atoms with Crippen LogP contribution in [0.2, 0.25) is 0 Å². The van der Waals surface area contributed by atoms with Crippen LogP contribution in [-0.2, 0) is 6.42 Å². The molecule has 0 aliphatic heterocycles. The first-order chi connectivity index (χ1) is 27.9. The number of aromatic carboxylic acids is 4. The molecule has 0 aliphatic rings. The summed E-state index contributed by atoms with van der Waals surface area (Å²) in [5, 5.41) is 45.1. The fourth-order valence-electron chi connectivity index (χ4n) is 9.19. The number of benzene rings is 5. The van der Waals surface area contributed by atoms with Crippen molar-refractivity contribution in [1.82, 2.24) is 0 Å². The van der Waals surface area contributed by atoms with Crippen molar-refractivity contribution < 1.29 is 39.6 Å². The van der Waals surface area contributed by atoms with Crippen LogP contribution in [-0.4, -0.2) is 44.3 Å². The standard InChI is InChI=1S/C48H58Br2O8/c1-3-5-7-9-11-13-14-16-18-20-22-29(21-19-17-15-12-10-8-6-4-2)27-34-43(48(57)58)41-33(46(53)54)26-23-30-38-36(49)28-35(47(55)56)37-32(45(51)52)25-24-31(39(37)38)42(40(30)41)44(34)50/h23-26,28-29H,3-22,27H2,1-2H3,(H,51,52)(H,53,54)(H,55,56)(H,57,58). The zero-order chi connectivity index (χ0) is 41.9. The quantitative estimate of drug-likeness (QED) is 0.0243. The molecule has 5 rings (SSSR count). The molecule has 0 aliphatic carbocycles. The first kappa shape index (κ1) is 45.3. The number of unbranched alkanes of at least 4 members (excludes halogenated alkanes) is 16. The van der Waals surface area contributed by atoms with Gasteiger partial charge in [-0.15, -0.1) is 0 Å². The van der Waals surface area contributed by atoms with E-state index in [0.717, 1.165) is 38.5 Å². The van der Waals surface area contributed by atoms with E-state index in [1.54, 1.807) is 12.1 Å². The van der Waals surface area contributed by atoms with Gasteiger partial charge in [0, 0.05) is 41.3 Å². The van der Waals surface area contributed by atoms with Crippen LogP contribution in [0.15, 0.2) is 39.3 Å². The Hall–Kier alpha value is -3.76. The smallest absolute Gasteiger partial charge is 0.336 e. The Morgan fingerprint density at radius 1 is 0.483 bits per heavy atom. The third-order valence-corrected chi connectivity index (χ3v) is 13.6. The Morgan fingerprint density at radius 2 is 0.897 bits per heavy atom. The lowest BCUT2D eigenvalue weighted by atomic mass is 9.80. The summed E-state index contributed by atoms with van der Waals surface area (Å²) in [5.74, 6) is -4.89. The van der Waals surface area contributed by atoms with E-state index in [2.05, 4.69) is 45.7 Å². The Kier molecular flexibility index (Phi) is 16.8. The van der Waals surface area contributed by atoms with Crippen LogP contribution >= 0.6 is 31.9 Å². The van der Waals surface area contributed by atoms with E-state index in [-0.39, 0.29) is 38.9 Å². The van der Waals surface area contributed by atoms with Crippen LogP contribution in [0.1, 0.15) is 189 Å². The molecule has 0 radical (unpaired) electrons. The first-order valence-corrected chi connectivity index (χ1v) is 23.1. The number of carboxylic acid groups (broad SMARTS) is 4. The maximum atomic E-state index is 13.5. The number of hydrogen-bond donors (Lipinski definition) is 4. The lowest BCUT2D eigenvalue weighted by molar-refractivity contribution is 0.0680. The monoisotopic (exact) mass is 920 g/mol. The largest absolute Gasteiger partial charge is 0.478 e. The molecule has 312 valence electrons. The molecule has 58 heavy (non-hydrogen) atoms. The zero-order valence-corrected chi connectivity index (χ0v) is 37.2. The molecule has 0 saturated heterocycles. The molecular formula is C48H58Br2O8. The van der Waals surface area contributed by atoms with Crippen molar-refractivity contribution in [2.24, 2.45) is 5.92 Å². The Balaban J connectivity index is 1.63. The van der Waals surface area contributed by atoms with E-state index in [0.29, 0.717) is 53.2 Å². The molecular weight excluding hydrogens is 864 g/mol. The highest BCUT2D eigenvalue weighted by Crippen LogP contribution is 2.50. The van der Waals surface area contributed by atoms with Crippen LogP contribution in [0.5, 0.6) is 0 Å². The van der Waals surface area contributed by atoms with E-state index in [4.69, 9.17) is 0 Å². The van der Waals surface area contributed by atoms with Crippen LogP contribution in [0.25, 0.3) is 43.1 Å². The molecule has 8 nitrogen and oxygen atoms in total. The fraction of sp³-hybridized carbons (Fsp3) is 0.500. The number of halogens is 2. The van der Waals surface area contributed by atoms with Crippen LogP contribution in [0.3, 0.4) is 0 Å². The number of fused-ring (bicyclic) bond motifs is 2. The third kappa shape index (κ3) is 10.2. The maximum absolute atomic E-state index is 13.5. The van der Waals surface area contributed by atoms with Gasteiger partial charge in [0.05, 0.1) is 22.3 Å². The van der Waals surface area contributed by atoms with Gasteiger partial charge in [-0.25, -0.2) is 19.2 Å². The van der Waals surface area contributed by atoms with Gasteiger partial charge in [-0.05, 0) is 62.8 Å². The summed E-state index contributed by atoms with van der Waals surface area (Å²) in [6.45, 7) is 4.45. The minimum Gasteiger partial charge on any atom is -0.478 e. The first-order valence-electron chi connectivity index (χ1n) is 21.5. The lowest BCUT2D eigenvalue weighted by Crippen LogP contribution is -2.14. The van der Waals surface area contributed by atoms with Gasteiger partial charge in [-0.3, -0.25) is 0 Å². The second-order valence-corrected chi connectivity index (χ2v) is 17.8. The van der Waals surface area contributed by atoms with Gasteiger partial charge in [0.25, 0.3) is 0 Å². The summed E-state index contributed by atoms with van der Waals surface area (Å²) >= 11 is 7.43. The van der Waals surface area contributed by atoms with Gasteiger partial charge < -0.3 is 20.4 Å². The maximum Gasteiger partial charge on any atom is 0.336 e. The molecule has 0 saturated carbocycles. The second kappa shape index (κ2) is 21.5. The van der Waals surface area contributed by atoms with E-state index in [1.165, 1.54) is 108 Å². The van der Waals surface area contributed by atoms with Crippen molar-refractivity contribution in [3.8, 4) is 0 Å². The van der Waals surface area contributed by atoms with Gasteiger partial charge >= 0.3 is 23.9 Å². The molecule has 10 heteroatoms. The predicted octanol–water partition coefficient (Wildman–Crippen LogP) is 15.1. The van der Waals surface area contributed by atoms with Gasteiger partial charge in [-0.2, -0.15) is 0 Å². The molecule has 0 aromatic heterocycles. The predicted molar refractivity (Wildman–Crippen MR) is 242 cm³/mol. The van der Waals surface area contributed by atoms with Crippen molar-refractivity contribution in [1.29, 1.82) is 0 Å². The van der Waals surface area contributed by atoms with Crippen LogP contribution in [0, 0.1) is 5.92 Å². The zero-order valence-electron chi connectivity index (χ0n) is 34.0. The summed E-state index contributed by atoms with van der Waals surface area (Å²) < 4.78 is 0.882.